The number of carbonyl (C=O) groups excluding carboxylic acids is 1. The first-order valence-electron chi connectivity index (χ1n) is 6.53. The first-order chi connectivity index (χ1) is 10.1. The molecule has 2 aromatic carbocycles. The average Bonchev–Trinajstić information content (AvgIpc) is 2.82. The van der Waals surface area contributed by atoms with E-state index in [2.05, 4.69) is 0 Å². The maximum Gasteiger partial charge on any atom is 0.336 e. The molecule has 0 saturated carbocycles. The first kappa shape index (κ1) is 13.1. The van der Waals surface area contributed by atoms with Crippen LogP contribution in [0.15, 0.2) is 54.6 Å². The van der Waals surface area contributed by atoms with Crippen LogP contribution in [0.25, 0.3) is 10.9 Å². The second-order valence-corrected chi connectivity index (χ2v) is 4.84. The summed E-state index contributed by atoms with van der Waals surface area (Å²) in [6.45, 7) is 1.80. The molecule has 1 N–H and O–H groups in total. The van der Waals surface area contributed by atoms with Crippen molar-refractivity contribution in [2.24, 2.45) is 0 Å². The molecule has 0 unspecified atom stereocenters. The summed E-state index contributed by atoms with van der Waals surface area (Å²) in [4.78, 5) is 23.9. The fourth-order valence-corrected chi connectivity index (χ4v) is 2.53. The third-order valence-electron chi connectivity index (χ3n) is 3.48. The van der Waals surface area contributed by atoms with Crippen molar-refractivity contribution in [3.63, 3.8) is 0 Å². The number of nitrogens with zero attached hydrogens (tertiary/aromatic N) is 1. The van der Waals surface area contributed by atoms with E-state index >= 15 is 0 Å². The monoisotopic (exact) mass is 279 g/mol. The maximum absolute atomic E-state index is 12.6. The van der Waals surface area contributed by atoms with Crippen LogP contribution in [0.1, 0.15) is 26.4 Å². The van der Waals surface area contributed by atoms with Gasteiger partial charge in [0.25, 0.3) is 5.91 Å². The molecule has 0 fully saturated rings. The van der Waals surface area contributed by atoms with E-state index in [1.54, 1.807) is 60.0 Å². The Morgan fingerprint density at radius 1 is 1.00 bits per heavy atom. The summed E-state index contributed by atoms with van der Waals surface area (Å²) in [7, 11) is 0. The highest BCUT2D eigenvalue weighted by molar-refractivity contribution is 6.08. The summed E-state index contributed by atoms with van der Waals surface area (Å²) in [5.74, 6) is -1.16. The summed E-state index contributed by atoms with van der Waals surface area (Å²) in [6.07, 6.45) is 0. The van der Waals surface area contributed by atoms with Gasteiger partial charge in [-0.05, 0) is 37.3 Å². The predicted molar refractivity (Wildman–Crippen MR) is 79.8 cm³/mol. The third-order valence-corrected chi connectivity index (χ3v) is 3.48. The van der Waals surface area contributed by atoms with Gasteiger partial charge in [-0.1, -0.05) is 24.3 Å². The van der Waals surface area contributed by atoms with Crippen molar-refractivity contribution >= 4 is 22.8 Å². The van der Waals surface area contributed by atoms with Gasteiger partial charge >= 0.3 is 5.97 Å². The molecule has 0 amide bonds. The molecule has 3 rings (SSSR count). The number of aromatic nitrogens is 1. The van der Waals surface area contributed by atoms with Crippen LogP contribution >= 0.6 is 0 Å². The maximum atomic E-state index is 12.6. The molecule has 0 bridgehead atoms. The van der Waals surface area contributed by atoms with Crippen LogP contribution in [0.4, 0.5) is 0 Å². The molecule has 104 valence electrons. The van der Waals surface area contributed by atoms with Crippen molar-refractivity contribution in [1.29, 1.82) is 0 Å². The Kier molecular flexibility index (Phi) is 3.06. The van der Waals surface area contributed by atoms with Crippen LogP contribution in [0.3, 0.4) is 0 Å². The first-order valence-corrected chi connectivity index (χ1v) is 6.53. The van der Waals surface area contributed by atoms with Crippen molar-refractivity contribution in [2.45, 2.75) is 6.92 Å². The van der Waals surface area contributed by atoms with Gasteiger partial charge in [0.2, 0.25) is 0 Å². The van der Waals surface area contributed by atoms with Crippen LogP contribution < -0.4 is 0 Å². The Balaban J connectivity index is 2.25. The van der Waals surface area contributed by atoms with Gasteiger partial charge in [-0.3, -0.25) is 9.36 Å². The number of aryl methyl sites for hydroxylation is 1. The van der Waals surface area contributed by atoms with Crippen LogP contribution in [0, 0.1) is 6.92 Å². The minimum Gasteiger partial charge on any atom is -0.478 e. The Hall–Kier alpha value is -2.88. The molecule has 4 heteroatoms. The number of carbonyl (C=O) groups is 2. The van der Waals surface area contributed by atoms with Crippen LogP contribution in [0.5, 0.6) is 0 Å². The van der Waals surface area contributed by atoms with E-state index in [4.69, 9.17) is 0 Å². The fraction of sp³-hybridized carbons (Fsp3) is 0.0588. The molecular weight excluding hydrogens is 266 g/mol. The Labute approximate surface area is 121 Å². The zero-order valence-corrected chi connectivity index (χ0v) is 11.4. The lowest BCUT2D eigenvalue weighted by molar-refractivity contribution is 0.0698. The second kappa shape index (κ2) is 4.90. The number of carboxylic acids is 1. The molecule has 0 aliphatic heterocycles. The van der Waals surface area contributed by atoms with Crippen molar-refractivity contribution in [3.05, 3.63) is 71.4 Å². The minimum atomic E-state index is -0.995. The highest BCUT2D eigenvalue weighted by atomic mass is 16.4. The normalized spacial score (nSPS) is 10.7. The summed E-state index contributed by atoms with van der Waals surface area (Å²) in [5, 5.41) is 9.82. The van der Waals surface area contributed by atoms with E-state index in [-0.39, 0.29) is 11.5 Å². The Morgan fingerprint density at radius 3 is 2.38 bits per heavy atom. The summed E-state index contributed by atoms with van der Waals surface area (Å²) < 4.78 is 1.55. The molecule has 1 heterocycles. The van der Waals surface area contributed by atoms with Crippen molar-refractivity contribution in [1.82, 2.24) is 4.57 Å². The minimum absolute atomic E-state index is 0.161. The number of hydrogen-bond acceptors (Lipinski definition) is 2. The molecule has 0 atom stereocenters. The molecular formula is C17H13NO3. The smallest absolute Gasteiger partial charge is 0.336 e. The van der Waals surface area contributed by atoms with Crippen molar-refractivity contribution < 1.29 is 14.7 Å². The predicted octanol–water partition coefficient (Wildman–Crippen LogP) is 3.34. The van der Waals surface area contributed by atoms with Gasteiger partial charge in [0.05, 0.1) is 11.1 Å². The standard InChI is InChI=1S/C17H13NO3/c1-11-10-14-13(17(20)21)8-5-9-15(14)18(11)16(19)12-6-3-2-4-7-12/h2-10H,1H3,(H,20,21). The van der Waals surface area contributed by atoms with Gasteiger partial charge in [0, 0.05) is 16.6 Å². The summed E-state index contributed by atoms with van der Waals surface area (Å²) in [5.41, 5.74) is 2.10. The third kappa shape index (κ3) is 2.10. The number of carboxylic acid groups (broad SMARTS) is 1. The molecule has 4 nitrogen and oxygen atoms in total. The van der Waals surface area contributed by atoms with Gasteiger partial charge in [-0.15, -0.1) is 0 Å². The van der Waals surface area contributed by atoms with Crippen LogP contribution in [-0.2, 0) is 0 Å². The highest BCUT2D eigenvalue weighted by Crippen LogP contribution is 2.24. The van der Waals surface area contributed by atoms with E-state index in [9.17, 15) is 14.7 Å². The molecule has 3 aromatic rings. The molecule has 1 aromatic heterocycles. The molecule has 0 aliphatic carbocycles. The van der Waals surface area contributed by atoms with E-state index in [1.807, 2.05) is 6.07 Å². The zero-order valence-electron chi connectivity index (χ0n) is 11.4. The number of aromatic carboxylic acids is 1. The van der Waals surface area contributed by atoms with Gasteiger partial charge in [0.1, 0.15) is 0 Å². The molecule has 0 radical (unpaired) electrons. The fourth-order valence-electron chi connectivity index (χ4n) is 2.53. The van der Waals surface area contributed by atoms with Gasteiger partial charge < -0.3 is 5.11 Å². The lowest BCUT2D eigenvalue weighted by Crippen LogP contribution is -2.13. The van der Waals surface area contributed by atoms with E-state index in [1.165, 1.54) is 0 Å². The molecule has 0 aliphatic rings. The number of hydrogen-bond donors (Lipinski definition) is 1. The average molecular weight is 279 g/mol. The van der Waals surface area contributed by atoms with Gasteiger partial charge in [0.15, 0.2) is 0 Å². The molecule has 0 saturated heterocycles. The lowest BCUT2D eigenvalue weighted by Gasteiger charge is -2.07. The molecule has 21 heavy (non-hydrogen) atoms. The number of fused-ring (bicyclic) bond motifs is 1. The quantitative estimate of drug-likeness (QED) is 0.782. The zero-order chi connectivity index (χ0) is 15.0. The van der Waals surface area contributed by atoms with Crippen molar-refractivity contribution in [2.75, 3.05) is 0 Å². The molecule has 0 spiro atoms. The van der Waals surface area contributed by atoms with Crippen LogP contribution in [-0.4, -0.2) is 21.6 Å². The second-order valence-electron chi connectivity index (χ2n) is 4.84. The van der Waals surface area contributed by atoms with Gasteiger partial charge in [-0.25, -0.2) is 4.79 Å². The summed E-state index contributed by atoms with van der Waals surface area (Å²) >= 11 is 0. The topological polar surface area (TPSA) is 59.3 Å². The van der Waals surface area contributed by atoms with Crippen LogP contribution in [0.2, 0.25) is 0 Å². The van der Waals surface area contributed by atoms with Gasteiger partial charge in [-0.2, -0.15) is 0 Å². The van der Waals surface area contributed by atoms with E-state index in [0.717, 1.165) is 0 Å². The van der Waals surface area contributed by atoms with Crippen molar-refractivity contribution in [3.8, 4) is 0 Å². The highest BCUT2D eigenvalue weighted by Gasteiger charge is 2.18. The largest absolute Gasteiger partial charge is 0.478 e. The van der Waals surface area contributed by atoms with E-state index < -0.39 is 5.97 Å². The Morgan fingerprint density at radius 2 is 1.71 bits per heavy atom. The summed E-state index contributed by atoms with van der Waals surface area (Å²) in [6, 6.07) is 15.6. The lowest BCUT2D eigenvalue weighted by atomic mass is 10.1. The SMILES string of the molecule is Cc1cc2c(C(=O)O)cccc2n1C(=O)c1ccccc1. The number of benzene rings is 2. The number of rotatable bonds is 2. The van der Waals surface area contributed by atoms with E-state index in [0.29, 0.717) is 22.2 Å². The Bertz CT molecular complexity index is 847.